The van der Waals surface area contributed by atoms with Crippen molar-refractivity contribution in [1.29, 1.82) is 0 Å². The van der Waals surface area contributed by atoms with Crippen LogP contribution >= 0.6 is 11.6 Å². The number of nitrogens with zero attached hydrogens (tertiary/aromatic N) is 1. The fourth-order valence-corrected chi connectivity index (χ4v) is 4.91. The van der Waals surface area contributed by atoms with E-state index < -0.39 is 11.6 Å². The third-order valence-corrected chi connectivity index (χ3v) is 5.54. The van der Waals surface area contributed by atoms with Gasteiger partial charge in [-0.2, -0.15) is 0 Å². The van der Waals surface area contributed by atoms with E-state index in [1.54, 1.807) is 18.2 Å². The lowest BCUT2D eigenvalue weighted by atomic mass is 9.64. The van der Waals surface area contributed by atoms with Crippen molar-refractivity contribution in [2.24, 2.45) is 11.3 Å². The van der Waals surface area contributed by atoms with Gasteiger partial charge >= 0.3 is 6.03 Å². The molecule has 1 aliphatic carbocycles. The summed E-state index contributed by atoms with van der Waals surface area (Å²) in [4.78, 5) is 38.8. The summed E-state index contributed by atoms with van der Waals surface area (Å²) in [5.41, 5.74) is -0.0657. The number of carbonyl (C=O) groups is 3. The van der Waals surface area contributed by atoms with Crippen LogP contribution in [0.5, 0.6) is 0 Å². The van der Waals surface area contributed by atoms with Crippen molar-refractivity contribution >= 4 is 29.4 Å². The molecule has 2 atom stereocenters. The van der Waals surface area contributed by atoms with E-state index in [1.807, 2.05) is 6.07 Å². The molecule has 0 radical (unpaired) electrons. The van der Waals surface area contributed by atoms with E-state index in [9.17, 15) is 14.4 Å². The van der Waals surface area contributed by atoms with Gasteiger partial charge in [-0.3, -0.25) is 14.5 Å². The number of nitrogens with one attached hydrogen (secondary N) is 2. The van der Waals surface area contributed by atoms with Gasteiger partial charge in [-0.05, 0) is 48.3 Å². The molecule has 1 aromatic rings. The highest BCUT2D eigenvalue weighted by Gasteiger charge is 2.56. The zero-order valence-electron chi connectivity index (χ0n) is 16.0. The van der Waals surface area contributed by atoms with Gasteiger partial charge in [-0.25, -0.2) is 4.79 Å². The van der Waals surface area contributed by atoms with Gasteiger partial charge in [0.25, 0.3) is 5.91 Å². The molecule has 2 unspecified atom stereocenters. The second-order valence-corrected chi connectivity index (χ2v) is 9.10. The summed E-state index contributed by atoms with van der Waals surface area (Å²) < 4.78 is 0. The zero-order valence-corrected chi connectivity index (χ0v) is 16.7. The Balaban J connectivity index is 1.64. The minimum Gasteiger partial charge on any atom is -0.350 e. The molecular formula is C20H26ClN3O3. The van der Waals surface area contributed by atoms with Gasteiger partial charge in [0.15, 0.2) is 0 Å². The predicted molar refractivity (Wildman–Crippen MR) is 103 cm³/mol. The predicted octanol–water partition coefficient (Wildman–Crippen LogP) is 3.09. The Morgan fingerprint density at radius 1 is 1.33 bits per heavy atom. The maximum atomic E-state index is 13.0. The molecule has 1 saturated heterocycles. The number of amides is 4. The Labute approximate surface area is 164 Å². The van der Waals surface area contributed by atoms with Gasteiger partial charge in [0.05, 0.1) is 0 Å². The van der Waals surface area contributed by atoms with Crippen LogP contribution in [-0.2, 0) is 16.1 Å². The van der Waals surface area contributed by atoms with Gasteiger partial charge in [-0.15, -0.1) is 0 Å². The average Bonchev–Trinajstić information content (AvgIpc) is 2.74. The second-order valence-electron chi connectivity index (χ2n) is 8.66. The SMILES string of the molecule is CC1CC(C)(C)CC2(C1)NC(=O)N(CC(=O)NCc1cccc(Cl)c1)C2=O. The van der Waals surface area contributed by atoms with Crippen LogP contribution in [0.1, 0.15) is 45.6 Å². The van der Waals surface area contributed by atoms with Gasteiger partial charge in [0.2, 0.25) is 5.91 Å². The highest BCUT2D eigenvalue weighted by Crippen LogP contribution is 2.46. The molecule has 1 spiro atoms. The van der Waals surface area contributed by atoms with Crippen LogP contribution in [0.2, 0.25) is 5.02 Å². The summed E-state index contributed by atoms with van der Waals surface area (Å²) in [7, 11) is 0. The molecule has 7 heteroatoms. The Hall–Kier alpha value is -2.08. The fourth-order valence-electron chi connectivity index (χ4n) is 4.70. The molecule has 1 heterocycles. The molecule has 1 aromatic carbocycles. The van der Waals surface area contributed by atoms with Crippen molar-refractivity contribution in [3.63, 3.8) is 0 Å². The standard InChI is InChI=1S/C20H26ClN3O3/c1-13-8-19(2,3)12-20(9-13)17(26)24(18(27)23-20)11-16(25)22-10-14-5-4-6-15(21)7-14/h4-7,13H,8-12H2,1-3H3,(H,22,25)(H,23,27). The summed E-state index contributed by atoms with van der Waals surface area (Å²) in [5.74, 6) is -0.335. The minimum atomic E-state index is -0.883. The van der Waals surface area contributed by atoms with Crippen molar-refractivity contribution in [2.75, 3.05) is 6.54 Å². The largest absolute Gasteiger partial charge is 0.350 e. The van der Waals surface area contributed by atoms with Crippen LogP contribution in [0.15, 0.2) is 24.3 Å². The normalized spacial score (nSPS) is 27.0. The molecular weight excluding hydrogens is 366 g/mol. The third kappa shape index (κ3) is 4.26. The van der Waals surface area contributed by atoms with Crippen LogP contribution in [0.4, 0.5) is 4.79 Å². The highest BCUT2D eigenvalue weighted by atomic mass is 35.5. The van der Waals surface area contributed by atoms with Gasteiger partial charge < -0.3 is 10.6 Å². The van der Waals surface area contributed by atoms with Gasteiger partial charge in [0, 0.05) is 11.6 Å². The van der Waals surface area contributed by atoms with E-state index >= 15 is 0 Å². The maximum absolute atomic E-state index is 13.0. The maximum Gasteiger partial charge on any atom is 0.325 e. The molecule has 0 aromatic heterocycles. The number of urea groups is 1. The van der Waals surface area contributed by atoms with E-state index in [-0.39, 0.29) is 30.3 Å². The molecule has 27 heavy (non-hydrogen) atoms. The quantitative estimate of drug-likeness (QED) is 0.774. The smallest absolute Gasteiger partial charge is 0.325 e. The van der Waals surface area contributed by atoms with Crippen LogP contribution in [-0.4, -0.2) is 34.8 Å². The van der Waals surface area contributed by atoms with Crippen molar-refractivity contribution in [2.45, 2.75) is 52.1 Å². The fraction of sp³-hybridized carbons (Fsp3) is 0.550. The van der Waals surface area contributed by atoms with Crippen LogP contribution < -0.4 is 10.6 Å². The first-order valence-electron chi connectivity index (χ1n) is 9.25. The van der Waals surface area contributed by atoms with E-state index in [4.69, 9.17) is 11.6 Å². The Kier molecular flexibility index (Phi) is 5.21. The summed E-state index contributed by atoms with van der Waals surface area (Å²) in [6.07, 6.45) is 2.22. The summed E-state index contributed by atoms with van der Waals surface area (Å²) in [6.45, 7) is 6.34. The molecule has 1 saturated carbocycles. The van der Waals surface area contributed by atoms with Crippen molar-refractivity contribution < 1.29 is 14.4 Å². The lowest BCUT2D eigenvalue weighted by molar-refractivity contribution is -0.137. The first-order chi connectivity index (χ1) is 12.6. The highest BCUT2D eigenvalue weighted by molar-refractivity contribution is 6.30. The molecule has 2 fully saturated rings. The van der Waals surface area contributed by atoms with Crippen molar-refractivity contribution in [1.82, 2.24) is 15.5 Å². The van der Waals surface area contributed by atoms with E-state index in [1.165, 1.54) is 0 Å². The lowest BCUT2D eigenvalue weighted by Gasteiger charge is -2.43. The topological polar surface area (TPSA) is 78.5 Å². The Bertz CT molecular complexity index is 779. The van der Waals surface area contributed by atoms with Gasteiger partial charge in [-0.1, -0.05) is 44.5 Å². The monoisotopic (exact) mass is 391 g/mol. The van der Waals surface area contributed by atoms with Crippen molar-refractivity contribution in [3.05, 3.63) is 34.9 Å². The average molecular weight is 392 g/mol. The second kappa shape index (κ2) is 7.15. The summed E-state index contributed by atoms with van der Waals surface area (Å²) >= 11 is 5.93. The van der Waals surface area contributed by atoms with Crippen LogP contribution in [0.3, 0.4) is 0 Å². The molecule has 146 valence electrons. The zero-order chi connectivity index (χ0) is 19.8. The van der Waals surface area contributed by atoms with Crippen LogP contribution in [0.25, 0.3) is 0 Å². The number of carbonyl (C=O) groups excluding carboxylic acids is 3. The van der Waals surface area contributed by atoms with Crippen LogP contribution in [0, 0.1) is 11.3 Å². The first kappa shape index (κ1) is 19.7. The molecule has 0 bridgehead atoms. The van der Waals surface area contributed by atoms with Gasteiger partial charge in [0.1, 0.15) is 12.1 Å². The van der Waals surface area contributed by atoms with E-state index in [2.05, 4.69) is 31.4 Å². The first-order valence-corrected chi connectivity index (χ1v) is 9.63. The molecule has 6 nitrogen and oxygen atoms in total. The lowest BCUT2D eigenvalue weighted by Crippen LogP contribution is -2.54. The minimum absolute atomic E-state index is 0.0363. The number of hydrogen-bond acceptors (Lipinski definition) is 3. The molecule has 1 aliphatic heterocycles. The molecule has 3 rings (SSSR count). The van der Waals surface area contributed by atoms with Crippen molar-refractivity contribution in [3.8, 4) is 0 Å². The third-order valence-electron chi connectivity index (χ3n) is 5.30. The molecule has 2 N–H and O–H groups in total. The van der Waals surface area contributed by atoms with E-state index in [0.29, 0.717) is 23.8 Å². The summed E-state index contributed by atoms with van der Waals surface area (Å²) in [5, 5.41) is 6.21. The number of benzene rings is 1. The summed E-state index contributed by atoms with van der Waals surface area (Å²) in [6, 6.07) is 6.68. The number of imide groups is 1. The Morgan fingerprint density at radius 3 is 2.74 bits per heavy atom. The Morgan fingerprint density at radius 2 is 2.07 bits per heavy atom. The molecule has 2 aliphatic rings. The van der Waals surface area contributed by atoms with E-state index in [0.717, 1.165) is 16.9 Å². The number of rotatable bonds is 4. The number of hydrogen-bond donors (Lipinski definition) is 2. The number of halogens is 1. The molecule has 4 amide bonds.